The van der Waals surface area contributed by atoms with Crippen molar-refractivity contribution in [1.29, 1.82) is 0 Å². The highest BCUT2D eigenvalue weighted by Gasteiger charge is 2.53. The number of Topliss-reactive ketones (excluding diaryl/α,β-unsaturated/α-hetero) is 1. The number of anilines is 2. The van der Waals surface area contributed by atoms with Crippen molar-refractivity contribution in [3.05, 3.63) is 57.6 Å². The van der Waals surface area contributed by atoms with Gasteiger partial charge in [-0.15, -0.1) is 0 Å². The number of hydrogen-bond donors (Lipinski definition) is 2. The van der Waals surface area contributed by atoms with Crippen molar-refractivity contribution in [3.63, 3.8) is 0 Å². The smallest absolute Gasteiger partial charge is 0.292 e. The number of hydrazone groups is 1. The van der Waals surface area contributed by atoms with Gasteiger partial charge < -0.3 is 0 Å². The van der Waals surface area contributed by atoms with Crippen LogP contribution < -0.4 is 10.1 Å². The second-order valence-corrected chi connectivity index (χ2v) is 11.6. The molecule has 4 unspecified atom stereocenters. The molecule has 0 saturated heterocycles. The number of nitrogens with one attached hydrogen (secondary N) is 2. The van der Waals surface area contributed by atoms with Gasteiger partial charge in [0.25, 0.3) is 15.7 Å². The molecule has 2 aromatic rings. The van der Waals surface area contributed by atoms with E-state index in [4.69, 9.17) is 11.6 Å². The van der Waals surface area contributed by atoms with Gasteiger partial charge in [0, 0.05) is 28.6 Å². The number of carbonyl (C=O) groups is 1. The molecule has 0 aliphatic heterocycles. The zero-order valence-corrected chi connectivity index (χ0v) is 20.4. The molecule has 0 radical (unpaired) electrons. The van der Waals surface area contributed by atoms with Crippen LogP contribution in [0.1, 0.15) is 38.5 Å². The molecule has 9 nitrogen and oxygen atoms in total. The predicted molar refractivity (Wildman–Crippen MR) is 133 cm³/mol. The summed E-state index contributed by atoms with van der Waals surface area (Å²) in [5.74, 6) is 1.01. The van der Waals surface area contributed by atoms with Crippen molar-refractivity contribution in [2.75, 3.05) is 10.1 Å². The van der Waals surface area contributed by atoms with E-state index in [2.05, 4.69) is 15.2 Å². The SMILES string of the molecule is O=C1/C(=N\Nc2ccc(S(=O)(=O)Nc3ccc(Cl)cc3)cc2[N+](=O)[O-])C2CCCC3CCCC1C32. The molecule has 3 fully saturated rings. The van der Waals surface area contributed by atoms with Crippen molar-refractivity contribution in [3.8, 4) is 0 Å². The maximum absolute atomic E-state index is 13.1. The van der Waals surface area contributed by atoms with Crippen LogP contribution in [-0.2, 0) is 14.8 Å². The Kier molecular flexibility index (Phi) is 6.27. The van der Waals surface area contributed by atoms with Crippen molar-refractivity contribution >= 4 is 50.2 Å². The van der Waals surface area contributed by atoms with Crippen LogP contribution in [-0.4, -0.2) is 24.8 Å². The molecule has 184 valence electrons. The zero-order chi connectivity index (χ0) is 24.7. The predicted octanol–water partition coefficient (Wildman–Crippen LogP) is 5.23. The fraction of sp³-hybridized carbons (Fsp3) is 0.417. The molecule has 3 aliphatic carbocycles. The average Bonchev–Trinajstić information content (AvgIpc) is 3.11. The first-order valence-electron chi connectivity index (χ1n) is 11.7. The second kappa shape index (κ2) is 9.23. The molecule has 5 rings (SSSR count). The lowest BCUT2D eigenvalue weighted by Crippen LogP contribution is -2.33. The standard InChI is InChI=1S/C24H25ClN4O5S/c25-15-7-9-16(10-8-15)28-35(33,34)17-11-12-20(21(13-17)29(31)32)26-27-23-18-5-1-3-14-4-2-6-19(22(14)18)24(23)30/h7-14,18-19,22,26,28H,1-6H2/b27-23-. The highest BCUT2D eigenvalue weighted by Crippen LogP contribution is 2.52. The third-order valence-corrected chi connectivity index (χ3v) is 9.09. The number of nitro benzene ring substituents is 1. The number of halogens is 1. The van der Waals surface area contributed by atoms with E-state index in [-0.39, 0.29) is 33.9 Å². The van der Waals surface area contributed by atoms with Crippen LogP contribution in [0.3, 0.4) is 0 Å². The van der Waals surface area contributed by atoms with E-state index >= 15 is 0 Å². The first-order valence-corrected chi connectivity index (χ1v) is 13.6. The number of carbonyl (C=O) groups excluding carboxylic acids is 1. The lowest BCUT2D eigenvalue weighted by Gasteiger charge is -2.39. The fourth-order valence-corrected chi connectivity index (χ4v) is 7.17. The van der Waals surface area contributed by atoms with Crippen LogP contribution in [0.5, 0.6) is 0 Å². The Morgan fingerprint density at radius 3 is 2.37 bits per heavy atom. The lowest BCUT2D eigenvalue weighted by atomic mass is 9.65. The quantitative estimate of drug-likeness (QED) is 0.399. The highest BCUT2D eigenvalue weighted by atomic mass is 35.5. The molecular weight excluding hydrogens is 492 g/mol. The van der Waals surface area contributed by atoms with Gasteiger partial charge in [-0.3, -0.25) is 25.1 Å². The zero-order valence-electron chi connectivity index (χ0n) is 18.8. The molecule has 0 amide bonds. The van der Waals surface area contributed by atoms with E-state index in [1.165, 1.54) is 36.4 Å². The molecule has 3 aliphatic rings. The van der Waals surface area contributed by atoms with Crippen LogP contribution in [0.25, 0.3) is 0 Å². The molecule has 0 aromatic heterocycles. The van der Waals surface area contributed by atoms with Gasteiger partial charge in [-0.1, -0.05) is 37.3 Å². The first kappa shape index (κ1) is 23.7. The molecule has 2 aromatic carbocycles. The Morgan fingerprint density at radius 2 is 1.69 bits per heavy atom. The molecule has 4 atom stereocenters. The van der Waals surface area contributed by atoms with Gasteiger partial charge in [0.15, 0.2) is 5.78 Å². The van der Waals surface area contributed by atoms with E-state index in [0.29, 0.717) is 22.6 Å². The highest BCUT2D eigenvalue weighted by molar-refractivity contribution is 7.92. The minimum atomic E-state index is -4.08. The largest absolute Gasteiger partial charge is 0.295 e. The second-order valence-electron chi connectivity index (χ2n) is 9.43. The molecule has 35 heavy (non-hydrogen) atoms. The number of nitrogens with zero attached hydrogens (tertiary/aromatic N) is 2. The molecule has 11 heteroatoms. The van der Waals surface area contributed by atoms with Gasteiger partial charge in [0.2, 0.25) is 0 Å². The molecular formula is C24H25ClN4O5S. The number of ketones is 1. The van der Waals surface area contributed by atoms with Gasteiger partial charge in [0.05, 0.1) is 9.82 Å². The van der Waals surface area contributed by atoms with Crippen LogP contribution in [0, 0.1) is 33.8 Å². The van der Waals surface area contributed by atoms with Gasteiger partial charge in [-0.05, 0) is 61.1 Å². The average molecular weight is 517 g/mol. The fourth-order valence-electron chi connectivity index (χ4n) is 5.96. The van der Waals surface area contributed by atoms with Crippen LogP contribution in [0.4, 0.5) is 17.1 Å². The van der Waals surface area contributed by atoms with E-state index < -0.39 is 20.6 Å². The van der Waals surface area contributed by atoms with Gasteiger partial charge in [-0.25, -0.2) is 8.42 Å². The minimum absolute atomic E-state index is 0.000969. The van der Waals surface area contributed by atoms with Crippen LogP contribution >= 0.6 is 11.6 Å². The number of benzene rings is 2. The number of hydrogen-bond acceptors (Lipinski definition) is 7. The minimum Gasteiger partial charge on any atom is -0.292 e. The topological polar surface area (TPSA) is 131 Å². The van der Waals surface area contributed by atoms with E-state index in [1.807, 2.05) is 0 Å². The summed E-state index contributed by atoms with van der Waals surface area (Å²) < 4.78 is 28.0. The lowest BCUT2D eigenvalue weighted by molar-refractivity contribution is -0.384. The van der Waals surface area contributed by atoms with Crippen molar-refractivity contribution in [2.24, 2.45) is 28.8 Å². The summed E-state index contributed by atoms with van der Waals surface area (Å²) in [7, 11) is -4.08. The summed E-state index contributed by atoms with van der Waals surface area (Å²) in [6.45, 7) is 0. The van der Waals surface area contributed by atoms with Gasteiger partial charge in [-0.2, -0.15) is 5.10 Å². The van der Waals surface area contributed by atoms with E-state index in [0.717, 1.165) is 44.6 Å². The van der Waals surface area contributed by atoms with Crippen LogP contribution in [0.15, 0.2) is 52.5 Å². The Hall–Kier alpha value is -2.98. The molecule has 0 heterocycles. The maximum atomic E-state index is 13.1. The van der Waals surface area contributed by atoms with Gasteiger partial charge >= 0.3 is 0 Å². The molecule has 2 N–H and O–H groups in total. The number of nitro groups is 1. The Bertz CT molecular complexity index is 1310. The number of rotatable bonds is 6. The molecule has 0 bridgehead atoms. The van der Waals surface area contributed by atoms with E-state index in [1.54, 1.807) is 0 Å². The summed E-state index contributed by atoms with van der Waals surface area (Å²) in [4.78, 5) is 23.9. The normalized spacial score (nSPS) is 26.9. The monoisotopic (exact) mass is 516 g/mol. The molecule has 3 saturated carbocycles. The van der Waals surface area contributed by atoms with E-state index in [9.17, 15) is 23.3 Å². The summed E-state index contributed by atoms with van der Waals surface area (Å²) in [5, 5.41) is 16.6. The van der Waals surface area contributed by atoms with Crippen LogP contribution in [0.2, 0.25) is 5.02 Å². The summed E-state index contributed by atoms with van der Waals surface area (Å²) >= 11 is 5.83. The maximum Gasteiger partial charge on any atom is 0.295 e. The number of sulfonamides is 1. The Labute approximate surface area is 208 Å². The first-order chi connectivity index (χ1) is 16.7. The van der Waals surface area contributed by atoms with Crippen molar-refractivity contribution in [1.82, 2.24) is 0 Å². The summed E-state index contributed by atoms with van der Waals surface area (Å²) in [6.07, 6.45) is 6.19. The van der Waals surface area contributed by atoms with Crippen molar-refractivity contribution in [2.45, 2.75) is 43.4 Å². The van der Waals surface area contributed by atoms with Gasteiger partial charge in [0.1, 0.15) is 11.4 Å². The third-order valence-electron chi connectivity index (χ3n) is 7.46. The molecule has 0 spiro atoms. The Balaban J connectivity index is 1.41. The summed E-state index contributed by atoms with van der Waals surface area (Å²) in [5.41, 5.74) is 3.04. The summed E-state index contributed by atoms with van der Waals surface area (Å²) in [6, 6.07) is 9.59. The Morgan fingerprint density at radius 1 is 1.00 bits per heavy atom. The van der Waals surface area contributed by atoms with Crippen molar-refractivity contribution < 1.29 is 18.1 Å². The third kappa shape index (κ3) is 4.52.